The summed E-state index contributed by atoms with van der Waals surface area (Å²) in [6.07, 6.45) is 0.832. The Balaban J connectivity index is 1.92. The second-order valence-corrected chi connectivity index (χ2v) is 6.38. The number of hydrogen-bond donors (Lipinski definition) is 1. The third kappa shape index (κ3) is 3.37. The number of likely N-dealkylation sites (N-methyl/N-ethyl adjacent to an activating group) is 1. The molecule has 1 N–H and O–H groups in total. The molecule has 2 atom stereocenters. The minimum absolute atomic E-state index is 0.0289. The van der Waals surface area contributed by atoms with Crippen LogP contribution in [0, 0.1) is 5.92 Å². The molecular weight excluding hydrogens is 276 g/mol. The molecule has 0 aromatic carbocycles. The maximum atomic E-state index is 12.2. The van der Waals surface area contributed by atoms with Crippen molar-refractivity contribution in [2.45, 2.75) is 25.9 Å². The van der Waals surface area contributed by atoms with E-state index in [1.807, 2.05) is 24.4 Å². The normalized spacial score (nSPS) is 22.9. The van der Waals surface area contributed by atoms with Gasteiger partial charge < -0.3 is 10.0 Å². The molecule has 2 heterocycles. The van der Waals surface area contributed by atoms with Crippen LogP contribution in [0.25, 0.3) is 0 Å². The van der Waals surface area contributed by atoms with Crippen LogP contribution in [0.15, 0.2) is 17.5 Å². The lowest BCUT2D eigenvalue weighted by Crippen LogP contribution is -2.44. The Morgan fingerprint density at radius 1 is 1.55 bits per heavy atom. The van der Waals surface area contributed by atoms with E-state index in [1.54, 1.807) is 28.2 Å². The number of carboxylic acids is 1. The lowest BCUT2D eigenvalue weighted by Gasteiger charge is -2.25. The highest BCUT2D eigenvalue weighted by Gasteiger charge is 2.37. The summed E-state index contributed by atoms with van der Waals surface area (Å²) in [7, 11) is 1.76. The van der Waals surface area contributed by atoms with Crippen molar-refractivity contribution in [3.05, 3.63) is 22.4 Å². The first-order chi connectivity index (χ1) is 9.49. The van der Waals surface area contributed by atoms with E-state index in [0.29, 0.717) is 13.1 Å². The minimum Gasteiger partial charge on any atom is -0.480 e. The van der Waals surface area contributed by atoms with Gasteiger partial charge in [0.2, 0.25) is 5.91 Å². The molecule has 2 rings (SSSR count). The zero-order chi connectivity index (χ0) is 14.7. The van der Waals surface area contributed by atoms with E-state index in [4.69, 9.17) is 0 Å². The van der Waals surface area contributed by atoms with Crippen LogP contribution in [0.4, 0.5) is 0 Å². The summed E-state index contributed by atoms with van der Waals surface area (Å²) in [5.74, 6) is -0.759. The Morgan fingerprint density at radius 3 is 2.90 bits per heavy atom. The molecule has 1 aliphatic heterocycles. The molecule has 0 spiro atoms. The highest BCUT2D eigenvalue weighted by atomic mass is 32.1. The van der Waals surface area contributed by atoms with Crippen molar-refractivity contribution in [3.63, 3.8) is 0 Å². The van der Waals surface area contributed by atoms with Gasteiger partial charge in [-0.25, -0.2) is 0 Å². The molecule has 1 fully saturated rings. The van der Waals surface area contributed by atoms with Gasteiger partial charge in [0.15, 0.2) is 0 Å². The van der Waals surface area contributed by atoms with Gasteiger partial charge >= 0.3 is 5.97 Å². The lowest BCUT2D eigenvalue weighted by atomic mass is 10.0. The van der Waals surface area contributed by atoms with Crippen LogP contribution in [-0.2, 0) is 16.1 Å². The van der Waals surface area contributed by atoms with Crippen molar-refractivity contribution in [3.8, 4) is 0 Å². The molecule has 20 heavy (non-hydrogen) atoms. The van der Waals surface area contributed by atoms with Crippen molar-refractivity contribution in [1.29, 1.82) is 0 Å². The van der Waals surface area contributed by atoms with E-state index in [0.717, 1.165) is 11.3 Å². The number of aliphatic carboxylic acids is 1. The van der Waals surface area contributed by atoms with Crippen LogP contribution in [0.2, 0.25) is 0 Å². The molecule has 1 saturated heterocycles. The first-order valence-electron chi connectivity index (χ1n) is 6.72. The number of rotatable bonds is 5. The average molecular weight is 296 g/mol. The monoisotopic (exact) mass is 296 g/mol. The van der Waals surface area contributed by atoms with Crippen molar-refractivity contribution in [1.82, 2.24) is 9.80 Å². The van der Waals surface area contributed by atoms with Crippen LogP contribution < -0.4 is 0 Å². The van der Waals surface area contributed by atoms with Crippen LogP contribution in [0.1, 0.15) is 18.2 Å². The van der Waals surface area contributed by atoms with Crippen molar-refractivity contribution in [2.24, 2.45) is 5.92 Å². The molecule has 0 aliphatic carbocycles. The second kappa shape index (κ2) is 6.37. The Kier molecular flexibility index (Phi) is 4.77. The predicted octanol–water partition coefficient (Wildman–Crippen LogP) is 1.50. The number of carbonyl (C=O) groups excluding carboxylic acids is 1. The minimum atomic E-state index is -0.830. The smallest absolute Gasteiger partial charge is 0.321 e. The summed E-state index contributed by atoms with van der Waals surface area (Å²) in [6, 6.07) is 3.42. The quantitative estimate of drug-likeness (QED) is 0.894. The van der Waals surface area contributed by atoms with E-state index in [2.05, 4.69) is 0 Å². The summed E-state index contributed by atoms with van der Waals surface area (Å²) in [5, 5.41) is 11.2. The SMILES string of the molecule is CC1CCN(CC(=O)N(C)Cc2cccs2)C1C(=O)O. The van der Waals surface area contributed by atoms with Gasteiger partial charge in [0.05, 0.1) is 13.1 Å². The maximum Gasteiger partial charge on any atom is 0.321 e. The fourth-order valence-electron chi connectivity index (χ4n) is 2.62. The number of carbonyl (C=O) groups is 2. The summed E-state index contributed by atoms with van der Waals surface area (Å²) >= 11 is 1.62. The molecule has 6 heteroatoms. The Bertz CT molecular complexity index is 475. The van der Waals surface area contributed by atoms with Crippen LogP contribution >= 0.6 is 11.3 Å². The first kappa shape index (κ1) is 15.0. The number of thiophene rings is 1. The lowest BCUT2D eigenvalue weighted by molar-refractivity contribution is -0.144. The number of hydrogen-bond acceptors (Lipinski definition) is 4. The average Bonchev–Trinajstić information content (AvgIpc) is 2.99. The van der Waals surface area contributed by atoms with E-state index in [-0.39, 0.29) is 18.4 Å². The summed E-state index contributed by atoms with van der Waals surface area (Å²) < 4.78 is 0. The molecule has 1 aliphatic rings. The van der Waals surface area contributed by atoms with Gasteiger partial charge in [-0.1, -0.05) is 13.0 Å². The highest BCUT2D eigenvalue weighted by Crippen LogP contribution is 2.24. The number of likely N-dealkylation sites (tertiary alicyclic amines) is 1. The fraction of sp³-hybridized carbons (Fsp3) is 0.571. The van der Waals surface area contributed by atoms with Crippen LogP contribution in [-0.4, -0.2) is 53.0 Å². The second-order valence-electron chi connectivity index (χ2n) is 5.35. The topological polar surface area (TPSA) is 60.9 Å². The standard InChI is InChI=1S/C14H20N2O3S/c1-10-5-6-16(13(10)14(18)19)9-12(17)15(2)8-11-4-3-7-20-11/h3-4,7,10,13H,5-6,8-9H2,1-2H3,(H,18,19). The molecule has 1 aromatic heterocycles. The summed E-state index contributed by atoms with van der Waals surface area (Å²) in [4.78, 5) is 28.0. The largest absolute Gasteiger partial charge is 0.480 e. The zero-order valence-electron chi connectivity index (χ0n) is 11.8. The number of carboxylic acid groups (broad SMARTS) is 1. The molecule has 5 nitrogen and oxygen atoms in total. The number of amides is 1. The van der Waals surface area contributed by atoms with Crippen LogP contribution in [0.5, 0.6) is 0 Å². The molecule has 110 valence electrons. The van der Waals surface area contributed by atoms with Gasteiger partial charge in [-0.2, -0.15) is 0 Å². The van der Waals surface area contributed by atoms with Gasteiger partial charge in [0, 0.05) is 11.9 Å². The first-order valence-corrected chi connectivity index (χ1v) is 7.60. The zero-order valence-corrected chi connectivity index (χ0v) is 12.6. The van der Waals surface area contributed by atoms with Gasteiger partial charge in [-0.05, 0) is 30.3 Å². The maximum absolute atomic E-state index is 12.2. The Hall–Kier alpha value is -1.40. The Morgan fingerprint density at radius 2 is 2.30 bits per heavy atom. The van der Waals surface area contributed by atoms with E-state index in [9.17, 15) is 14.7 Å². The van der Waals surface area contributed by atoms with E-state index in [1.165, 1.54) is 0 Å². The summed E-state index contributed by atoms with van der Waals surface area (Å²) in [5.41, 5.74) is 0. The van der Waals surface area contributed by atoms with Crippen molar-refractivity contribution >= 4 is 23.2 Å². The van der Waals surface area contributed by atoms with Gasteiger partial charge in [0.1, 0.15) is 6.04 Å². The third-order valence-corrected chi connectivity index (χ3v) is 4.66. The third-order valence-electron chi connectivity index (χ3n) is 3.79. The molecule has 1 aromatic rings. The fourth-order valence-corrected chi connectivity index (χ4v) is 3.38. The summed E-state index contributed by atoms with van der Waals surface area (Å²) in [6.45, 7) is 3.37. The van der Waals surface area contributed by atoms with E-state index >= 15 is 0 Å². The predicted molar refractivity (Wildman–Crippen MR) is 77.6 cm³/mol. The van der Waals surface area contributed by atoms with Gasteiger partial charge in [-0.3, -0.25) is 14.5 Å². The van der Waals surface area contributed by atoms with Gasteiger partial charge in [-0.15, -0.1) is 11.3 Å². The van der Waals surface area contributed by atoms with Crippen LogP contribution in [0.3, 0.4) is 0 Å². The highest BCUT2D eigenvalue weighted by molar-refractivity contribution is 7.09. The van der Waals surface area contributed by atoms with Gasteiger partial charge in [0.25, 0.3) is 0 Å². The molecule has 0 bridgehead atoms. The Labute approximate surface area is 122 Å². The molecule has 2 unspecified atom stereocenters. The van der Waals surface area contributed by atoms with Crippen molar-refractivity contribution in [2.75, 3.05) is 20.1 Å². The van der Waals surface area contributed by atoms with E-state index < -0.39 is 12.0 Å². The number of nitrogens with zero attached hydrogens (tertiary/aromatic N) is 2. The molecule has 0 radical (unpaired) electrons. The molecule has 0 saturated carbocycles. The molecular formula is C14H20N2O3S. The van der Waals surface area contributed by atoms with Crippen molar-refractivity contribution < 1.29 is 14.7 Å². The molecule has 1 amide bonds.